The molecular formula is C18H16FNO2S. The fraction of sp³-hybridized carbons (Fsp3) is 0.167. The predicted molar refractivity (Wildman–Crippen MR) is 90.1 cm³/mol. The van der Waals surface area contributed by atoms with Crippen LogP contribution in [0.1, 0.15) is 26.4 Å². The smallest absolute Gasteiger partial charge is 0.261 e. The Hall–Kier alpha value is -2.24. The van der Waals surface area contributed by atoms with E-state index in [-0.39, 0.29) is 18.3 Å². The van der Waals surface area contributed by atoms with Gasteiger partial charge in [-0.25, -0.2) is 4.39 Å². The molecule has 0 spiro atoms. The van der Waals surface area contributed by atoms with E-state index in [0.29, 0.717) is 11.4 Å². The summed E-state index contributed by atoms with van der Waals surface area (Å²) in [6, 6.07) is 12.0. The number of nitrogens with one attached hydrogen (secondary N) is 1. The molecule has 3 rings (SSSR count). The summed E-state index contributed by atoms with van der Waals surface area (Å²) in [6.07, 6.45) is 0. The second-order valence-electron chi connectivity index (χ2n) is 5.31. The van der Waals surface area contributed by atoms with Gasteiger partial charge in [-0.15, -0.1) is 11.3 Å². The van der Waals surface area contributed by atoms with Crippen LogP contribution in [-0.4, -0.2) is 11.0 Å². The monoisotopic (exact) mass is 329 g/mol. The summed E-state index contributed by atoms with van der Waals surface area (Å²) in [5.41, 5.74) is 2.47. The average Bonchev–Trinajstić information content (AvgIpc) is 2.89. The largest absolute Gasteiger partial charge is 0.392 e. The van der Waals surface area contributed by atoms with Crippen LogP contribution in [0.2, 0.25) is 0 Å². The summed E-state index contributed by atoms with van der Waals surface area (Å²) in [5, 5.41) is 13.0. The third-order valence-corrected chi connectivity index (χ3v) is 5.10. The van der Waals surface area contributed by atoms with E-state index in [1.165, 1.54) is 23.5 Å². The fourth-order valence-corrected chi connectivity index (χ4v) is 3.66. The molecule has 0 aliphatic carbocycles. The van der Waals surface area contributed by atoms with Crippen LogP contribution in [-0.2, 0) is 13.2 Å². The van der Waals surface area contributed by atoms with Crippen molar-refractivity contribution >= 4 is 27.3 Å². The molecule has 3 aromatic rings. The van der Waals surface area contributed by atoms with Gasteiger partial charge in [0.15, 0.2) is 0 Å². The first-order valence-corrected chi connectivity index (χ1v) is 8.06. The minimum Gasteiger partial charge on any atom is -0.392 e. The molecule has 0 fully saturated rings. The molecule has 0 bridgehead atoms. The maximum atomic E-state index is 13.4. The fourth-order valence-electron chi connectivity index (χ4n) is 2.55. The number of amides is 1. The number of carbonyl (C=O) groups excluding carboxylic acids is 1. The van der Waals surface area contributed by atoms with E-state index in [2.05, 4.69) is 5.32 Å². The molecular weight excluding hydrogens is 313 g/mol. The molecule has 1 amide bonds. The van der Waals surface area contributed by atoms with Gasteiger partial charge in [-0.2, -0.15) is 0 Å². The van der Waals surface area contributed by atoms with Gasteiger partial charge in [-0.1, -0.05) is 24.3 Å². The molecule has 0 unspecified atom stereocenters. The highest BCUT2D eigenvalue weighted by molar-refractivity contribution is 7.21. The van der Waals surface area contributed by atoms with Crippen molar-refractivity contribution in [1.29, 1.82) is 0 Å². The number of aryl methyl sites for hydroxylation is 1. The van der Waals surface area contributed by atoms with Crippen molar-refractivity contribution in [2.75, 3.05) is 0 Å². The molecule has 1 aromatic heterocycles. The predicted octanol–water partition coefficient (Wildman–Crippen LogP) is 3.77. The maximum absolute atomic E-state index is 13.4. The Morgan fingerprint density at radius 3 is 2.70 bits per heavy atom. The summed E-state index contributed by atoms with van der Waals surface area (Å²) in [5.74, 6) is -0.487. The number of carbonyl (C=O) groups is 1. The quantitative estimate of drug-likeness (QED) is 0.765. The molecule has 3 nitrogen and oxygen atoms in total. The van der Waals surface area contributed by atoms with Crippen LogP contribution in [0.5, 0.6) is 0 Å². The van der Waals surface area contributed by atoms with Crippen LogP contribution in [0.25, 0.3) is 10.1 Å². The number of hydrogen-bond donors (Lipinski definition) is 2. The minimum atomic E-state index is -0.303. The van der Waals surface area contributed by atoms with E-state index in [1.807, 2.05) is 31.2 Å². The number of fused-ring (bicyclic) bond motifs is 1. The van der Waals surface area contributed by atoms with Crippen LogP contribution in [0, 0.1) is 12.7 Å². The van der Waals surface area contributed by atoms with Crippen LogP contribution in [0.15, 0.2) is 42.5 Å². The van der Waals surface area contributed by atoms with Crippen molar-refractivity contribution < 1.29 is 14.3 Å². The van der Waals surface area contributed by atoms with Crippen LogP contribution in [0.4, 0.5) is 4.39 Å². The van der Waals surface area contributed by atoms with Gasteiger partial charge in [-0.3, -0.25) is 4.79 Å². The Kier molecular flexibility index (Phi) is 4.41. The highest BCUT2D eigenvalue weighted by Gasteiger charge is 2.16. The van der Waals surface area contributed by atoms with E-state index in [1.54, 1.807) is 6.07 Å². The summed E-state index contributed by atoms with van der Waals surface area (Å²) < 4.78 is 14.3. The highest BCUT2D eigenvalue weighted by atomic mass is 32.1. The molecule has 0 saturated heterocycles. The second-order valence-corrected chi connectivity index (χ2v) is 6.36. The van der Waals surface area contributed by atoms with Gasteiger partial charge < -0.3 is 10.4 Å². The standard InChI is InChI=1S/C18H16FNO2S/c1-11-15-8-14(19)6-7-16(15)23-17(11)18(22)20-9-12-4-2-3-5-13(12)10-21/h2-8,21H,9-10H2,1H3,(H,20,22). The Morgan fingerprint density at radius 2 is 1.96 bits per heavy atom. The van der Waals surface area contributed by atoms with E-state index in [9.17, 15) is 14.3 Å². The van der Waals surface area contributed by atoms with Crippen LogP contribution >= 0.6 is 11.3 Å². The molecule has 1 heterocycles. The van der Waals surface area contributed by atoms with Gasteiger partial charge in [0, 0.05) is 11.2 Å². The highest BCUT2D eigenvalue weighted by Crippen LogP contribution is 2.31. The Morgan fingerprint density at radius 1 is 1.22 bits per heavy atom. The normalized spacial score (nSPS) is 10.9. The Labute approximate surface area is 137 Å². The molecule has 2 N–H and O–H groups in total. The first-order valence-electron chi connectivity index (χ1n) is 7.24. The lowest BCUT2D eigenvalue weighted by molar-refractivity contribution is 0.0954. The number of halogens is 1. The number of rotatable bonds is 4. The van der Waals surface area contributed by atoms with Crippen molar-refractivity contribution in [2.45, 2.75) is 20.1 Å². The van der Waals surface area contributed by atoms with Crippen LogP contribution in [0.3, 0.4) is 0 Å². The average molecular weight is 329 g/mol. The number of aliphatic hydroxyl groups excluding tert-OH is 1. The van der Waals surface area contributed by atoms with Gasteiger partial charge in [0.1, 0.15) is 5.82 Å². The van der Waals surface area contributed by atoms with Gasteiger partial charge >= 0.3 is 0 Å². The third-order valence-electron chi connectivity index (χ3n) is 3.83. The summed E-state index contributed by atoms with van der Waals surface area (Å²) in [6.45, 7) is 2.11. The number of aliphatic hydroxyl groups is 1. The number of hydrogen-bond acceptors (Lipinski definition) is 3. The lowest BCUT2D eigenvalue weighted by Crippen LogP contribution is -2.23. The van der Waals surface area contributed by atoms with E-state index in [4.69, 9.17) is 0 Å². The SMILES string of the molecule is Cc1c(C(=O)NCc2ccccc2CO)sc2ccc(F)cc12. The van der Waals surface area contributed by atoms with Crippen molar-refractivity contribution in [1.82, 2.24) is 5.32 Å². The first-order chi connectivity index (χ1) is 11.1. The third kappa shape index (κ3) is 3.11. The lowest BCUT2D eigenvalue weighted by Gasteiger charge is -2.08. The zero-order valence-electron chi connectivity index (χ0n) is 12.6. The molecule has 23 heavy (non-hydrogen) atoms. The van der Waals surface area contributed by atoms with Crippen LogP contribution < -0.4 is 5.32 Å². The van der Waals surface area contributed by atoms with Crippen molar-refractivity contribution in [3.8, 4) is 0 Å². The summed E-state index contributed by atoms with van der Waals surface area (Å²) in [4.78, 5) is 13.0. The summed E-state index contributed by atoms with van der Waals surface area (Å²) >= 11 is 1.36. The molecule has 118 valence electrons. The molecule has 5 heteroatoms. The molecule has 0 atom stereocenters. The lowest BCUT2D eigenvalue weighted by atomic mass is 10.1. The topological polar surface area (TPSA) is 49.3 Å². The first kappa shape index (κ1) is 15.6. The Bertz CT molecular complexity index is 873. The van der Waals surface area contributed by atoms with Crippen molar-refractivity contribution in [2.24, 2.45) is 0 Å². The minimum absolute atomic E-state index is 0.0623. The zero-order valence-corrected chi connectivity index (χ0v) is 13.4. The molecule has 0 aliphatic rings. The Balaban J connectivity index is 1.82. The van der Waals surface area contributed by atoms with Gasteiger partial charge in [0.25, 0.3) is 5.91 Å². The van der Waals surface area contributed by atoms with Crippen molar-refractivity contribution in [3.63, 3.8) is 0 Å². The van der Waals surface area contributed by atoms with Gasteiger partial charge in [-0.05, 0) is 47.2 Å². The van der Waals surface area contributed by atoms with Gasteiger partial charge in [0.2, 0.25) is 0 Å². The van der Waals surface area contributed by atoms with E-state index >= 15 is 0 Å². The van der Waals surface area contributed by atoms with E-state index < -0.39 is 0 Å². The maximum Gasteiger partial charge on any atom is 0.261 e. The number of thiophene rings is 1. The van der Waals surface area contributed by atoms with E-state index in [0.717, 1.165) is 26.8 Å². The molecule has 0 saturated carbocycles. The van der Waals surface area contributed by atoms with Crippen molar-refractivity contribution in [3.05, 3.63) is 69.8 Å². The summed E-state index contributed by atoms with van der Waals surface area (Å²) in [7, 11) is 0. The second kappa shape index (κ2) is 6.48. The number of benzene rings is 2. The molecule has 0 aliphatic heterocycles. The molecule has 2 aromatic carbocycles. The molecule has 0 radical (unpaired) electrons. The van der Waals surface area contributed by atoms with Gasteiger partial charge in [0.05, 0.1) is 11.5 Å². The zero-order chi connectivity index (χ0) is 16.4.